The summed E-state index contributed by atoms with van der Waals surface area (Å²) in [6.45, 7) is 3.84. The first kappa shape index (κ1) is 12.0. The van der Waals surface area contributed by atoms with Crippen molar-refractivity contribution in [2.75, 3.05) is 0 Å². The summed E-state index contributed by atoms with van der Waals surface area (Å²) in [5.74, 6) is -0.385. The zero-order valence-corrected chi connectivity index (χ0v) is 9.06. The van der Waals surface area contributed by atoms with Crippen LogP contribution in [0.25, 0.3) is 0 Å². The molecule has 0 atom stereocenters. The Labute approximate surface area is 95.6 Å². The lowest BCUT2D eigenvalue weighted by Crippen LogP contribution is -1.99. The average molecular weight is 214 g/mol. The fraction of sp³-hybridized carbons (Fsp3) is 0.143. The van der Waals surface area contributed by atoms with Crippen LogP contribution >= 0.6 is 0 Å². The van der Waals surface area contributed by atoms with E-state index < -0.39 is 0 Å². The minimum absolute atomic E-state index is 0.291. The largest absolute Gasteiger partial charge is 0.457 e. The van der Waals surface area contributed by atoms with Crippen molar-refractivity contribution in [1.82, 2.24) is 0 Å². The summed E-state index contributed by atoms with van der Waals surface area (Å²) in [7, 11) is 0. The quantitative estimate of drug-likeness (QED) is 0.326. The van der Waals surface area contributed by atoms with E-state index in [0.717, 1.165) is 5.56 Å². The Balaban J connectivity index is 2.36. The van der Waals surface area contributed by atoms with E-state index in [4.69, 9.17) is 4.74 Å². The molecule has 0 saturated heterocycles. The van der Waals surface area contributed by atoms with Gasteiger partial charge in [0.2, 0.25) is 0 Å². The van der Waals surface area contributed by atoms with E-state index in [-0.39, 0.29) is 5.97 Å². The minimum Gasteiger partial charge on any atom is -0.457 e. The van der Waals surface area contributed by atoms with Crippen LogP contribution < -0.4 is 0 Å². The maximum Gasteiger partial charge on any atom is 0.338 e. The predicted molar refractivity (Wildman–Crippen MR) is 63.7 cm³/mol. The summed E-state index contributed by atoms with van der Waals surface area (Å²) in [6, 6.07) is 9.55. The Morgan fingerprint density at radius 1 is 1.38 bits per heavy atom. The first-order valence-electron chi connectivity index (χ1n) is 5.05. The second-order valence-electron chi connectivity index (χ2n) is 3.13. The van der Waals surface area contributed by atoms with Crippen molar-refractivity contribution in [2.45, 2.75) is 13.0 Å². The first-order chi connectivity index (χ1) is 7.83. The summed E-state index contributed by atoms with van der Waals surface area (Å²) in [5, 5.41) is 0. The maximum atomic E-state index is 11.2. The summed E-state index contributed by atoms with van der Waals surface area (Å²) in [6.07, 6.45) is 5.43. The van der Waals surface area contributed by atoms with E-state index in [0.29, 0.717) is 13.0 Å². The molecule has 0 aliphatic heterocycles. The molecule has 0 radical (unpaired) electrons. The minimum atomic E-state index is -0.385. The molecule has 82 valence electrons. The Hall–Kier alpha value is -2.05. The molecule has 0 aromatic heterocycles. The zero-order chi connectivity index (χ0) is 11.6. The van der Waals surface area contributed by atoms with Crippen LogP contribution in [0.15, 0.2) is 60.9 Å². The Kier molecular flexibility index (Phi) is 5.46. The van der Waals surface area contributed by atoms with Gasteiger partial charge in [0.05, 0.1) is 6.08 Å². The van der Waals surface area contributed by atoms with E-state index in [2.05, 4.69) is 12.3 Å². The van der Waals surface area contributed by atoms with E-state index in [9.17, 15) is 4.79 Å². The van der Waals surface area contributed by atoms with E-state index in [1.54, 1.807) is 12.2 Å². The van der Waals surface area contributed by atoms with Gasteiger partial charge in [0.25, 0.3) is 0 Å². The third-order valence-electron chi connectivity index (χ3n) is 1.83. The van der Waals surface area contributed by atoms with Gasteiger partial charge in [-0.2, -0.15) is 0 Å². The van der Waals surface area contributed by atoms with Gasteiger partial charge in [-0.3, -0.25) is 0 Å². The van der Waals surface area contributed by atoms with Gasteiger partial charge in [-0.1, -0.05) is 36.4 Å². The van der Waals surface area contributed by atoms with E-state index >= 15 is 0 Å². The van der Waals surface area contributed by atoms with Gasteiger partial charge in [0.15, 0.2) is 0 Å². The summed E-state index contributed by atoms with van der Waals surface area (Å²) in [5.41, 5.74) is 3.70. The number of hydrogen-bond acceptors (Lipinski definition) is 2. The SMILES string of the molecule is C=CCC=C=CC(=O)OCc1ccccc1. The molecule has 0 aliphatic carbocycles. The number of hydrogen-bond donors (Lipinski definition) is 0. The molecule has 1 rings (SSSR count). The molecule has 1 aromatic rings. The molecule has 0 fully saturated rings. The van der Waals surface area contributed by atoms with Crippen LogP contribution in [0.1, 0.15) is 12.0 Å². The van der Waals surface area contributed by atoms with Crippen molar-refractivity contribution in [3.63, 3.8) is 0 Å². The highest BCUT2D eigenvalue weighted by Gasteiger charge is 1.96. The van der Waals surface area contributed by atoms with E-state index in [1.807, 2.05) is 30.3 Å². The number of allylic oxidation sites excluding steroid dienone is 1. The molecule has 0 saturated carbocycles. The van der Waals surface area contributed by atoms with Crippen LogP contribution in [0.2, 0.25) is 0 Å². The smallest absolute Gasteiger partial charge is 0.338 e. The number of carbonyl (C=O) groups is 1. The van der Waals surface area contributed by atoms with Crippen LogP contribution in [-0.4, -0.2) is 5.97 Å². The highest BCUT2D eigenvalue weighted by atomic mass is 16.5. The molecule has 2 nitrogen and oxygen atoms in total. The zero-order valence-electron chi connectivity index (χ0n) is 9.06. The molecular weight excluding hydrogens is 200 g/mol. The van der Waals surface area contributed by atoms with Crippen molar-refractivity contribution in [1.29, 1.82) is 0 Å². The molecule has 0 unspecified atom stereocenters. The van der Waals surface area contributed by atoms with Crippen molar-refractivity contribution in [3.05, 3.63) is 66.4 Å². The lowest BCUT2D eigenvalue weighted by Gasteiger charge is -2.00. The second kappa shape index (κ2) is 7.27. The van der Waals surface area contributed by atoms with Crippen molar-refractivity contribution in [2.24, 2.45) is 0 Å². The fourth-order valence-electron chi connectivity index (χ4n) is 1.05. The van der Waals surface area contributed by atoms with Crippen molar-refractivity contribution >= 4 is 5.97 Å². The van der Waals surface area contributed by atoms with Gasteiger partial charge < -0.3 is 4.74 Å². The molecule has 0 bridgehead atoms. The Bertz CT molecular complexity index is 398. The van der Waals surface area contributed by atoms with Gasteiger partial charge in [0, 0.05) is 0 Å². The molecule has 0 spiro atoms. The highest BCUT2D eigenvalue weighted by Crippen LogP contribution is 2.00. The highest BCUT2D eigenvalue weighted by molar-refractivity contribution is 5.81. The maximum absolute atomic E-state index is 11.2. The Morgan fingerprint density at radius 2 is 2.12 bits per heavy atom. The summed E-state index contributed by atoms with van der Waals surface area (Å²) in [4.78, 5) is 11.2. The van der Waals surface area contributed by atoms with Gasteiger partial charge >= 0.3 is 5.97 Å². The molecule has 2 heteroatoms. The molecular formula is C14H14O2. The summed E-state index contributed by atoms with van der Waals surface area (Å²) >= 11 is 0. The van der Waals surface area contributed by atoms with Gasteiger partial charge in [0.1, 0.15) is 6.61 Å². The van der Waals surface area contributed by atoms with Crippen LogP contribution in [0, 0.1) is 0 Å². The molecule has 0 amide bonds. The monoisotopic (exact) mass is 214 g/mol. The first-order valence-corrected chi connectivity index (χ1v) is 5.05. The summed E-state index contributed by atoms with van der Waals surface area (Å²) < 4.78 is 5.01. The lowest BCUT2D eigenvalue weighted by atomic mass is 10.2. The van der Waals surface area contributed by atoms with E-state index in [1.165, 1.54) is 6.08 Å². The van der Waals surface area contributed by atoms with Crippen LogP contribution in [0.4, 0.5) is 0 Å². The standard InChI is InChI=1S/C14H14O2/c1-2-3-4-8-11-14(15)16-12-13-9-6-5-7-10-13/h2,4-7,9-11H,1,3,12H2. The van der Waals surface area contributed by atoms with Crippen LogP contribution in [0.3, 0.4) is 0 Å². The van der Waals surface area contributed by atoms with Crippen LogP contribution in [0.5, 0.6) is 0 Å². The van der Waals surface area contributed by atoms with Crippen molar-refractivity contribution < 1.29 is 9.53 Å². The number of benzene rings is 1. The number of rotatable bonds is 5. The topological polar surface area (TPSA) is 26.3 Å². The second-order valence-corrected chi connectivity index (χ2v) is 3.13. The number of ether oxygens (including phenoxy) is 1. The van der Waals surface area contributed by atoms with Crippen molar-refractivity contribution in [3.8, 4) is 0 Å². The third-order valence-corrected chi connectivity index (χ3v) is 1.83. The predicted octanol–water partition coefficient (Wildman–Crippen LogP) is 3.02. The third kappa shape index (κ3) is 4.99. The Morgan fingerprint density at radius 3 is 2.81 bits per heavy atom. The lowest BCUT2D eigenvalue weighted by molar-refractivity contribution is -0.138. The van der Waals surface area contributed by atoms with Gasteiger partial charge in [-0.25, -0.2) is 4.79 Å². The molecule has 0 heterocycles. The van der Waals surface area contributed by atoms with Gasteiger partial charge in [-0.15, -0.1) is 12.3 Å². The number of carbonyl (C=O) groups excluding carboxylic acids is 1. The fourth-order valence-corrected chi connectivity index (χ4v) is 1.05. The molecule has 0 aliphatic rings. The normalized spacial score (nSPS) is 8.75. The molecule has 16 heavy (non-hydrogen) atoms. The van der Waals surface area contributed by atoms with Gasteiger partial charge in [-0.05, 0) is 18.1 Å². The molecule has 0 N–H and O–H groups in total. The molecule has 1 aromatic carbocycles. The van der Waals surface area contributed by atoms with Crippen LogP contribution in [-0.2, 0) is 16.1 Å². The average Bonchev–Trinajstić information content (AvgIpc) is 2.33. The number of esters is 1.